The third-order valence-electron chi connectivity index (χ3n) is 17.9. The minimum atomic E-state index is -1.58. The zero-order chi connectivity index (χ0) is 64.2. The number of hydrogen-bond acceptors (Lipinski definition) is 8. The molecule has 89 heavy (non-hydrogen) atoms. The highest BCUT2D eigenvalue weighted by molar-refractivity contribution is 5.76. The molecule has 7 atom stereocenters. The van der Waals surface area contributed by atoms with E-state index >= 15 is 0 Å². The Balaban J connectivity index is 2.10. The van der Waals surface area contributed by atoms with Crippen molar-refractivity contribution in [1.29, 1.82) is 0 Å². The van der Waals surface area contributed by atoms with Crippen LogP contribution in [0.15, 0.2) is 85.1 Å². The molecule has 6 N–H and O–H groups in total. The van der Waals surface area contributed by atoms with Crippen LogP contribution in [-0.4, -0.2) is 87.5 Å². The largest absolute Gasteiger partial charge is 0.394 e. The van der Waals surface area contributed by atoms with E-state index < -0.39 is 49.5 Å². The van der Waals surface area contributed by atoms with Crippen molar-refractivity contribution in [3.05, 3.63) is 85.1 Å². The Morgan fingerprint density at radius 2 is 0.708 bits per heavy atom. The summed E-state index contributed by atoms with van der Waals surface area (Å²) < 4.78 is 11.3. The molecule has 518 valence electrons. The lowest BCUT2D eigenvalue weighted by molar-refractivity contribution is -0.302. The first-order chi connectivity index (χ1) is 43.8. The maximum absolute atomic E-state index is 13.2. The van der Waals surface area contributed by atoms with E-state index in [0.717, 1.165) is 70.6 Å². The summed E-state index contributed by atoms with van der Waals surface area (Å²) in [7, 11) is 0. The van der Waals surface area contributed by atoms with Crippen molar-refractivity contribution in [3.63, 3.8) is 0 Å². The van der Waals surface area contributed by atoms with Gasteiger partial charge in [0.15, 0.2) is 6.29 Å². The molecule has 0 aromatic rings. The molecule has 1 amide bonds. The molecule has 1 fully saturated rings. The van der Waals surface area contributed by atoms with Gasteiger partial charge in [0.25, 0.3) is 0 Å². The predicted octanol–water partition coefficient (Wildman–Crippen LogP) is 21.6. The number of amides is 1. The van der Waals surface area contributed by atoms with Crippen LogP contribution in [-0.2, 0) is 14.3 Å². The molecular weight excluding hydrogens is 1100 g/mol. The van der Waals surface area contributed by atoms with E-state index in [1.165, 1.54) is 270 Å². The first-order valence-electron chi connectivity index (χ1n) is 38.3. The third-order valence-corrected chi connectivity index (χ3v) is 17.9. The molecule has 0 aromatic carbocycles. The molecule has 0 aliphatic carbocycles. The van der Waals surface area contributed by atoms with Gasteiger partial charge in [-0.25, -0.2) is 0 Å². The number of carbonyl (C=O) groups excluding carboxylic acids is 1. The van der Waals surface area contributed by atoms with Crippen LogP contribution in [0.25, 0.3) is 0 Å². The van der Waals surface area contributed by atoms with Crippen LogP contribution in [0.5, 0.6) is 0 Å². The van der Waals surface area contributed by atoms with Gasteiger partial charge in [0.2, 0.25) is 5.91 Å². The summed E-state index contributed by atoms with van der Waals surface area (Å²) in [5.41, 5.74) is 0. The van der Waals surface area contributed by atoms with Crippen LogP contribution >= 0.6 is 0 Å². The molecule has 1 heterocycles. The van der Waals surface area contributed by atoms with E-state index in [1.807, 2.05) is 6.08 Å². The lowest BCUT2D eigenvalue weighted by atomic mass is 9.99. The molecular formula is C80H145NO8. The number of ether oxygens (including phenoxy) is 2. The fourth-order valence-electron chi connectivity index (χ4n) is 12.0. The molecule has 0 saturated carbocycles. The number of carbonyl (C=O) groups is 1. The molecule has 0 radical (unpaired) electrons. The van der Waals surface area contributed by atoms with E-state index in [2.05, 4.69) is 92.1 Å². The minimum absolute atomic E-state index is 0.186. The second-order valence-corrected chi connectivity index (χ2v) is 26.4. The first-order valence-corrected chi connectivity index (χ1v) is 38.3. The molecule has 0 bridgehead atoms. The lowest BCUT2D eigenvalue weighted by Gasteiger charge is -2.40. The second kappa shape index (κ2) is 68.2. The summed E-state index contributed by atoms with van der Waals surface area (Å²) in [6.07, 6.45) is 91.5. The Bertz CT molecular complexity index is 1690. The fraction of sp³-hybridized carbons (Fsp3) is 0.812. The molecule has 9 heteroatoms. The SMILES string of the molecule is CC/C=C\C/C=C\C/C=C\C/C=C\CCCCCCCCCCCCCCCCCCCCCCCCCCC(=O)NC(COC1OC(CO)C(O)C(O)C1O)C(O)/C=C/CC/C=C/CC/C=C/CCCCCCCCCCCCCCCCCCCCC. The maximum Gasteiger partial charge on any atom is 0.220 e. The molecule has 7 unspecified atom stereocenters. The van der Waals surface area contributed by atoms with Crippen LogP contribution in [0, 0.1) is 0 Å². The highest BCUT2D eigenvalue weighted by Gasteiger charge is 2.44. The normalized spacial score (nSPS) is 18.3. The molecule has 9 nitrogen and oxygen atoms in total. The summed E-state index contributed by atoms with van der Waals surface area (Å²) in [5, 5.41) is 54.8. The maximum atomic E-state index is 13.2. The van der Waals surface area contributed by atoms with E-state index in [9.17, 15) is 30.3 Å². The van der Waals surface area contributed by atoms with Gasteiger partial charge < -0.3 is 40.3 Å². The number of unbranched alkanes of at least 4 members (excludes halogenated alkanes) is 45. The number of hydrogen-bond donors (Lipinski definition) is 6. The van der Waals surface area contributed by atoms with Gasteiger partial charge in [-0.3, -0.25) is 4.79 Å². The monoisotopic (exact) mass is 1250 g/mol. The summed E-state index contributed by atoms with van der Waals surface area (Å²) in [6.45, 7) is 3.69. The van der Waals surface area contributed by atoms with Crippen LogP contribution in [0.1, 0.15) is 361 Å². The molecule has 0 spiro atoms. The average Bonchev–Trinajstić information content (AvgIpc) is 2.28. The van der Waals surface area contributed by atoms with Gasteiger partial charge in [0.05, 0.1) is 25.4 Å². The standard InChI is InChI=1S/C80H145NO8/c1-3-5-7-9-11-13-15-17-19-21-23-25-27-29-31-33-34-35-36-37-38-39-40-42-44-46-48-50-52-54-56-58-60-62-64-66-68-70-76(84)81-73(72-88-80-79(87)78(86)77(85)75(71-82)89-80)74(83)69-67-65-63-61-59-57-55-53-51-49-47-45-43-41-32-30-28-26-24-22-20-18-16-14-12-10-8-6-4-2/h5,7,11,13,17,19,23,25,51,53,59,61,67,69,73-75,77-80,82-83,85-87H,3-4,6,8-10,12,14-16,18,20-22,24,26-50,52,54-58,60,62-66,68,70-72H2,1-2H3,(H,81,84)/b7-5-,13-11-,19-17-,25-23-,53-51+,61-59+,69-67+. The van der Waals surface area contributed by atoms with Crippen molar-refractivity contribution in [2.45, 2.75) is 403 Å². The highest BCUT2D eigenvalue weighted by atomic mass is 16.7. The van der Waals surface area contributed by atoms with Gasteiger partial charge in [-0.15, -0.1) is 0 Å². The first kappa shape index (κ1) is 84.4. The number of nitrogens with one attached hydrogen (secondary N) is 1. The molecule has 1 saturated heterocycles. The van der Waals surface area contributed by atoms with E-state index in [4.69, 9.17) is 9.47 Å². The predicted molar refractivity (Wildman–Crippen MR) is 382 cm³/mol. The molecule has 0 aromatic heterocycles. The Hall–Kier alpha value is -2.63. The van der Waals surface area contributed by atoms with Crippen molar-refractivity contribution in [3.8, 4) is 0 Å². The second-order valence-electron chi connectivity index (χ2n) is 26.4. The number of aliphatic hydroxyl groups excluding tert-OH is 5. The van der Waals surface area contributed by atoms with Crippen LogP contribution in [0.4, 0.5) is 0 Å². The van der Waals surface area contributed by atoms with Gasteiger partial charge in [-0.1, -0.05) is 356 Å². The van der Waals surface area contributed by atoms with Crippen molar-refractivity contribution in [2.75, 3.05) is 13.2 Å². The number of rotatable bonds is 67. The van der Waals surface area contributed by atoms with E-state index in [0.29, 0.717) is 6.42 Å². The van der Waals surface area contributed by atoms with Crippen molar-refractivity contribution in [1.82, 2.24) is 5.32 Å². The molecule has 1 aliphatic rings. The Labute approximate surface area is 550 Å². The van der Waals surface area contributed by atoms with Crippen molar-refractivity contribution in [2.24, 2.45) is 0 Å². The summed E-state index contributed by atoms with van der Waals surface area (Å²) in [6, 6.07) is -0.832. The smallest absolute Gasteiger partial charge is 0.220 e. The van der Waals surface area contributed by atoms with Crippen LogP contribution in [0.2, 0.25) is 0 Å². The Kier molecular flexibility index (Phi) is 64.7. The summed E-state index contributed by atoms with van der Waals surface area (Å²) in [5.74, 6) is -0.186. The fourth-order valence-corrected chi connectivity index (χ4v) is 12.0. The Morgan fingerprint density at radius 3 is 1.08 bits per heavy atom. The quantitative estimate of drug-likeness (QED) is 0.0261. The van der Waals surface area contributed by atoms with Gasteiger partial charge in [-0.05, 0) is 83.5 Å². The summed E-state index contributed by atoms with van der Waals surface area (Å²) in [4.78, 5) is 13.2. The summed E-state index contributed by atoms with van der Waals surface area (Å²) >= 11 is 0. The minimum Gasteiger partial charge on any atom is -0.394 e. The highest BCUT2D eigenvalue weighted by Crippen LogP contribution is 2.23. The lowest BCUT2D eigenvalue weighted by Crippen LogP contribution is -2.60. The van der Waals surface area contributed by atoms with Crippen LogP contribution in [0.3, 0.4) is 0 Å². The van der Waals surface area contributed by atoms with Crippen LogP contribution < -0.4 is 5.32 Å². The zero-order valence-corrected chi connectivity index (χ0v) is 58.2. The van der Waals surface area contributed by atoms with E-state index in [1.54, 1.807) is 6.08 Å². The van der Waals surface area contributed by atoms with Gasteiger partial charge in [0.1, 0.15) is 24.4 Å². The van der Waals surface area contributed by atoms with E-state index in [-0.39, 0.29) is 12.5 Å². The third kappa shape index (κ3) is 56.6. The number of aliphatic hydroxyl groups is 5. The number of allylic oxidation sites excluding steroid dienone is 13. The molecule has 1 aliphatic heterocycles. The van der Waals surface area contributed by atoms with Gasteiger partial charge >= 0.3 is 0 Å². The van der Waals surface area contributed by atoms with Gasteiger partial charge in [-0.2, -0.15) is 0 Å². The van der Waals surface area contributed by atoms with Gasteiger partial charge in [0, 0.05) is 6.42 Å². The Morgan fingerprint density at radius 1 is 0.393 bits per heavy atom. The zero-order valence-electron chi connectivity index (χ0n) is 58.2. The topological polar surface area (TPSA) is 149 Å². The molecule has 1 rings (SSSR count). The van der Waals surface area contributed by atoms with Crippen molar-refractivity contribution >= 4 is 5.91 Å². The van der Waals surface area contributed by atoms with Crippen molar-refractivity contribution < 1.29 is 39.8 Å². The average molecular weight is 1250 g/mol.